The average Bonchev–Trinajstić information content (AvgIpc) is 2.31. The van der Waals surface area contributed by atoms with Crippen LogP contribution in [0.5, 0.6) is 0 Å². The zero-order valence-electron chi connectivity index (χ0n) is 10.4. The molecule has 1 aromatic heterocycles. The van der Waals surface area contributed by atoms with Crippen molar-refractivity contribution < 1.29 is 27.9 Å². The van der Waals surface area contributed by atoms with Crippen LogP contribution in [0.4, 0.5) is 19.0 Å². The van der Waals surface area contributed by atoms with Crippen LogP contribution in [0.1, 0.15) is 34.7 Å². The summed E-state index contributed by atoms with van der Waals surface area (Å²) < 4.78 is 38.2. The zero-order valence-corrected chi connectivity index (χ0v) is 12.0. The number of aromatic nitrogens is 1. The van der Waals surface area contributed by atoms with Crippen molar-refractivity contribution in [1.29, 1.82) is 0 Å². The second-order valence-electron chi connectivity index (χ2n) is 3.88. The van der Waals surface area contributed by atoms with Gasteiger partial charge in [-0.1, -0.05) is 0 Å². The molecule has 2 N–H and O–H groups in total. The Hall–Kier alpha value is -1.64. The number of pyridine rings is 1. The Kier molecular flexibility index (Phi) is 5.09. The van der Waals surface area contributed by atoms with E-state index in [2.05, 4.69) is 26.2 Å². The monoisotopic (exact) mass is 354 g/mol. The minimum absolute atomic E-state index is 0.00505. The fourth-order valence-electron chi connectivity index (χ4n) is 1.53. The summed E-state index contributed by atoms with van der Waals surface area (Å²) in [6.45, 7) is 2.38. The molecule has 1 heterocycles. The fourth-order valence-corrected chi connectivity index (χ4v) is 2.03. The smallest absolute Gasteiger partial charge is 0.339 e. The van der Waals surface area contributed by atoms with Gasteiger partial charge in [0.1, 0.15) is 11.4 Å². The van der Waals surface area contributed by atoms with Gasteiger partial charge in [-0.05, 0) is 28.4 Å². The molecule has 110 valence electrons. The molecule has 20 heavy (non-hydrogen) atoms. The van der Waals surface area contributed by atoms with E-state index in [-0.39, 0.29) is 10.0 Å². The van der Waals surface area contributed by atoms with E-state index >= 15 is 0 Å². The molecule has 0 aliphatic carbocycles. The van der Waals surface area contributed by atoms with Crippen molar-refractivity contribution in [1.82, 2.24) is 4.98 Å². The number of carboxylic acids is 1. The highest BCUT2D eigenvalue weighted by molar-refractivity contribution is 9.10. The first-order valence-corrected chi connectivity index (χ1v) is 6.09. The molecule has 0 saturated heterocycles. The van der Waals surface area contributed by atoms with Crippen LogP contribution in [0.2, 0.25) is 0 Å². The highest BCUT2D eigenvalue weighted by Gasteiger charge is 2.30. The lowest BCUT2D eigenvalue weighted by Crippen LogP contribution is -2.17. The number of rotatable bonds is 4. The minimum atomic E-state index is -3.32. The van der Waals surface area contributed by atoms with E-state index in [0.29, 0.717) is 0 Å². The standard InChI is InChI=1S/C11H10BrF3N2O3/c1-3-5(11(19)20)10(16-4(2)18)17-8(6(3)12)7(13)9(14)15/h7,9H,1-2H3,(H,19,20)(H,16,17,18). The number of aromatic carboxylic acids is 1. The number of carboxylic acid groups (broad SMARTS) is 1. The summed E-state index contributed by atoms with van der Waals surface area (Å²) in [5.41, 5.74) is -1.06. The summed E-state index contributed by atoms with van der Waals surface area (Å²) in [5.74, 6) is -2.54. The molecule has 9 heteroatoms. The van der Waals surface area contributed by atoms with Gasteiger partial charge in [-0.25, -0.2) is 22.9 Å². The Bertz CT molecular complexity index is 566. The van der Waals surface area contributed by atoms with Crippen LogP contribution in [-0.2, 0) is 4.79 Å². The molecule has 1 rings (SSSR count). The van der Waals surface area contributed by atoms with Crippen LogP contribution in [-0.4, -0.2) is 28.4 Å². The number of hydrogen-bond donors (Lipinski definition) is 2. The van der Waals surface area contributed by atoms with E-state index in [4.69, 9.17) is 5.11 Å². The molecule has 1 amide bonds. The van der Waals surface area contributed by atoms with Crippen molar-refractivity contribution in [3.05, 3.63) is 21.3 Å². The lowest BCUT2D eigenvalue weighted by Gasteiger charge is -2.16. The van der Waals surface area contributed by atoms with Gasteiger partial charge in [0.2, 0.25) is 12.1 Å². The van der Waals surface area contributed by atoms with Crippen molar-refractivity contribution in [2.75, 3.05) is 5.32 Å². The highest BCUT2D eigenvalue weighted by Crippen LogP contribution is 2.35. The number of carbonyl (C=O) groups excluding carboxylic acids is 1. The van der Waals surface area contributed by atoms with Gasteiger partial charge in [0.15, 0.2) is 0 Å². The first-order valence-electron chi connectivity index (χ1n) is 5.29. The summed E-state index contributed by atoms with van der Waals surface area (Å²) in [6, 6.07) is 0. The molecule has 1 unspecified atom stereocenters. The Morgan fingerprint density at radius 2 is 1.90 bits per heavy atom. The highest BCUT2D eigenvalue weighted by atomic mass is 79.9. The van der Waals surface area contributed by atoms with Crippen LogP contribution in [0.25, 0.3) is 0 Å². The number of nitrogens with one attached hydrogen (secondary N) is 1. The lowest BCUT2D eigenvalue weighted by atomic mass is 10.1. The Labute approximate surface area is 120 Å². The zero-order chi connectivity index (χ0) is 15.6. The predicted molar refractivity (Wildman–Crippen MR) is 67.8 cm³/mol. The SMILES string of the molecule is CC(=O)Nc1nc(C(F)C(F)F)c(Br)c(C)c1C(=O)O. The van der Waals surface area contributed by atoms with E-state index in [1.165, 1.54) is 6.92 Å². The maximum Gasteiger partial charge on any atom is 0.339 e. The molecule has 0 fully saturated rings. The van der Waals surface area contributed by atoms with Crippen LogP contribution >= 0.6 is 15.9 Å². The minimum Gasteiger partial charge on any atom is -0.478 e. The van der Waals surface area contributed by atoms with Crippen molar-refractivity contribution in [2.45, 2.75) is 26.4 Å². The number of hydrogen-bond acceptors (Lipinski definition) is 3. The normalized spacial score (nSPS) is 12.3. The van der Waals surface area contributed by atoms with Crippen molar-refractivity contribution >= 4 is 33.6 Å². The van der Waals surface area contributed by atoms with E-state index in [1.54, 1.807) is 0 Å². The summed E-state index contributed by atoms with van der Waals surface area (Å²) >= 11 is 2.86. The van der Waals surface area contributed by atoms with Gasteiger partial charge in [0.05, 0.1) is 5.69 Å². The predicted octanol–water partition coefficient (Wildman–Crippen LogP) is 3.08. The number of halogens is 4. The molecular formula is C11H10BrF3N2O3. The summed E-state index contributed by atoms with van der Waals surface area (Å²) in [7, 11) is 0. The fraction of sp³-hybridized carbons (Fsp3) is 0.364. The second-order valence-corrected chi connectivity index (χ2v) is 4.68. The molecule has 0 aromatic carbocycles. The maximum atomic E-state index is 13.4. The van der Waals surface area contributed by atoms with E-state index in [0.717, 1.165) is 6.92 Å². The van der Waals surface area contributed by atoms with Gasteiger partial charge in [-0.3, -0.25) is 4.79 Å². The molecule has 1 atom stereocenters. The Balaban J connectivity index is 3.55. The van der Waals surface area contributed by atoms with Crippen molar-refractivity contribution in [3.8, 4) is 0 Å². The third-order valence-electron chi connectivity index (χ3n) is 2.39. The van der Waals surface area contributed by atoms with Gasteiger partial charge in [0.25, 0.3) is 6.43 Å². The van der Waals surface area contributed by atoms with E-state index < -0.39 is 41.5 Å². The molecule has 0 bridgehead atoms. The van der Waals surface area contributed by atoms with E-state index in [9.17, 15) is 22.8 Å². The molecule has 0 aliphatic rings. The van der Waals surface area contributed by atoms with Gasteiger partial charge in [0, 0.05) is 11.4 Å². The molecule has 0 saturated carbocycles. The Morgan fingerprint density at radius 3 is 2.30 bits per heavy atom. The van der Waals surface area contributed by atoms with Gasteiger partial charge in [-0.2, -0.15) is 0 Å². The summed E-state index contributed by atoms with van der Waals surface area (Å²) in [6.07, 6.45) is -6.02. The van der Waals surface area contributed by atoms with Crippen LogP contribution in [0, 0.1) is 6.92 Å². The molecule has 5 nitrogen and oxygen atoms in total. The molecule has 0 spiro atoms. The van der Waals surface area contributed by atoms with E-state index in [1.807, 2.05) is 0 Å². The van der Waals surface area contributed by atoms with Crippen LogP contribution in [0.3, 0.4) is 0 Å². The molecule has 1 aromatic rings. The Morgan fingerprint density at radius 1 is 1.35 bits per heavy atom. The summed E-state index contributed by atoms with van der Waals surface area (Å²) in [4.78, 5) is 25.6. The van der Waals surface area contributed by atoms with Crippen LogP contribution < -0.4 is 5.32 Å². The third kappa shape index (κ3) is 3.27. The average molecular weight is 355 g/mol. The number of alkyl halides is 3. The second kappa shape index (κ2) is 6.21. The van der Waals surface area contributed by atoms with Crippen molar-refractivity contribution in [3.63, 3.8) is 0 Å². The lowest BCUT2D eigenvalue weighted by molar-refractivity contribution is -0.114. The number of carbonyl (C=O) groups is 2. The topological polar surface area (TPSA) is 79.3 Å². The van der Waals surface area contributed by atoms with Crippen LogP contribution in [0.15, 0.2) is 4.47 Å². The van der Waals surface area contributed by atoms with Gasteiger partial charge in [-0.15, -0.1) is 0 Å². The number of amides is 1. The quantitative estimate of drug-likeness (QED) is 0.870. The van der Waals surface area contributed by atoms with Gasteiger partial charge < -0.3 is 10.4 Å². The maximum absolute atomic E-state index is 13.4. The summed E-state index contributed by atoms with van der Waals surface area (Å²) in [5, 5.41) is 11.2. The molecule has 0 aliphatic heterocycles. The first-order chi connectivity index (χ1) is 9.16. The number of nitrogens with zero attached hydrogens (tertiary/aromatic N) is 1. The largest absolute Gasteiger partial charge is 0.478 e. The molecular weight excluding hydrogens is 345 g/mol. The van der Waals surface area contributed by atoms with Gasteiger partial charge >= 0.3 is 5.97 Å². The first kappa shape index (κ1) is 16.4. The number of anilines is 1. The molecule has 0 radical (unpaired) electrons. The van der Waals surface area contributed by atoms with Crippen molar-refractivity contribution in [2.24, 2.45) is 0 Å². The third-order valence-corrected chi connectivity index (χ3v) is 3.39.